The quantitative estimate of drug-likeness (QED) is 0.744. The van der Waals surface area contributed by atoms with Crippen molar-refractivity contribution in [2.45, 2.75) is 25.5 Å². The van der Waals surface area contributed by atoms with Crippen LogP contribution < -0.4 is 0 Å². The molecule has 7 heteroatoms. The molecule has 1 amide bonds. The second kappa shape index (κ2) is 7.01. The van der Waals surface area contributed by atoms with Crippen LogP contribution in [0, 0.1) is 0 Å². The van der Waals surface area contributed by atoms with E-state index >= 15 is 0 Å². The highest BCUT2D eigenvalue weighted by Gasteiger charge is 2.29. The van der Waals surface area contributed by atoms with Crippen molar-refractivity contribution in [1.29, 1.82) is 0 Å². The summed E-state index contributed by atoms with van der Waals surface area (Å²) >= 11 is 0. The summed E-state index contributed by atoms with van der Waals surface area (Å²) in [5.41, 5.74) is 0. The molecule has 0 aromatic heterocycles. The van der Waals surface area contributed by atoms with Crippen molar-refractivity contribution in [2.24, 2.45) is 0 Å². The highest BCUT2D eigenvalue weighted by molar-refractivity contribution is 5.78. The molecule has 2 aliphatic rings. The summed E-state index contributed by atoms with van der Waals surface area (Å²) in [6.45, 7) is 5.50. The Kier molecular flexibility index (Phi) is 5.33. The number of carbonyl (C=O) groups is 2. The van der Waals surface area contributed by atoms with Crippen LogP contribution in [0.1, 0.15) is 13.3 Å². The molecule has 7 nitrogen and oxygen atoms in total. The number of carbonyl (C=O) groups excluding carboxylic acids is 1. The van der Waals surface area contributed by atoms with E-state index < -0.39 is 5.97 Å². The molecule has 114 valence electrons. The van der Waals surface area contributed by atoms with E-state index in [-0.39, 0.29) is 31.0 Å². The molecule has 2 aliphatic heterocycles. The molecule has 0 aliphatic carbocycles. The molecule has 2 heterocycles. The van der Waals surface area contributed by atoms with Gasteiger partial charge in [-0.3, -0.25) is 14.5 Å². The normalized spacial score (nSPS) is 28.4. The second-order valence-electron chi connectivity index (χ2n) is 5.32. The molecule has 2 atom stereocenters. The van der Waals surface area contributed by atoms with Gasteiger partial charge in [-0.2, -0.15) is 0 Å². The monoisotopic (exact) mass is 286 g/mol. The van der Waals surface area contributed by atoms with Gasteiger partial charge >= 0.3 is 5.97 Å². The van der Waals surface area contributed by atoms with E-state index in [1.807, 2.05) is 11.8 Å². The van der Waals surface area contributed by atoms with Crippen molar-refractivity contribution < 1.29 is 24.2 Å². The molecule has 20 heavy (non-hydrogen) atoms. The smallest absolute Gasteiger partial charge is 0.305 e. The molecule has 1 N–H and O–H groups in total. The predicted molar refractivity (Wildman–Crippen MR) is 70.4 cm³/mol. The maximum absolute atomic E-state index is 12.3. The highest BCUT2D eigenvalue weighted by atomic mass is 16.5. The molecule has 2 saturated heterocycles. The van der Waals surface area contributed by atoms with Gasteiger partial charge in [0, 0.05) is 25.7 Å². The van der Waals surface area contributed by atoms with Gasteiger partial charge in [-0.05, 0) is 6.92 Å². The lowest BCUT2D eigenvalue weighted by atomic mass is 10.1. The number of carboxylic acids is 1. The van der Waals surface area contributed by atoms with Gasteiger partial charge in [-0.25, -0.2) is 0 Å². The molecule has 2 fully saturated rings. The Morgan fingerprint density at radius 3 is 2.80 bits per heavy atom. The van der Waals surface area contributed by atoms with Crippen molar-refractivity contribution in [1.82, 2.24) is 9.80 Å². The Hall–Kier alpha value is -1.18. The first-order valence-corrected chi connectivity index (χ1v) is 6.99. The Morgan fingerprint density at radius 1 is 1.30 bits per heavy atom. The van der Waals surface area contributed by atoms with E-state index in [0.29, 0.717) is 39.5 Å². The van der Waals surface area contributed by atoms with Gasteiger partial charge in [-0.1, -0.05) is 0 Å². The number of rotatable bonds is 4. The van der Waals surface area contributed by atoms with Crippen LogP contribution in [0.3, 0.4) is 0 Å². The van der Waals surface area contributed by atoms with Crippen LogP contribution in [0.4, 0.5) is 0 Å². The minimum Gasteiger partial charge on any atom is -0.481 e. The van der Waals surface area contributed by atoms with E-state index in [2.05, 4.69) is 0 Å². The number of hydrogen-bond acceptors (Lipinski definition) is 5. The first kappa shape index (κ1) is 15.2. The number of aliphatic carboxylic acids is 1. The highest BCUT2D eigenvalue weighted by Crippen LogP contribution is 2.12. The summed E-state index contributed by atoms with van der Waals surface area (Å²) < 4.78 is 10.7. The van der Waals surface area contributed by atoms with Gasteiger partial charge in [0.25, 0.3) is 0 Å². The van der Waals surface area contributed by atoms with E-state index in [9.17, 15) is 9.59 Å². The fraction of sp³-hybridized carbons (Fsp3) is 0.846. The Balaban J connectivity index is 1.88. The second-order valence-corrected chi connectivity index (χ2v) is 5.32. The lowest BCUT2D eigenvalue weighted by Crippen LogP contribution is -2.53. The zero-order valence-electron chi connectivity index (χ0n) is 11.8. The number of ether oxygens (including phenoxy) is 2. The van der Waals surface area contributed by atoms with Gasteiger partial charge in [0.2, 0.25) is 5.91 Å². The Labute approximate surface area is 118 Å². The SMILES string of the molecule is CC1CN(C(=O)CN2CCOCC2CC(=O)O)CCO1. The van der Waals surface area contributed by atoms with Gasteiger partial charge in [-0.15, -0.1) is 0 Å². The van der Waals surface area contributed by atoms with E-state index in [0.717, 1.165) is 0 Å². The summed E-state index contributed by atoms with van der Waals surface area (Å²) in [5, 5.41) is 8.91. The van der Waals surface area contributed by atoms with Gasteiger partial charge < -0.3 is 19.5 Å². The summed E-state index contributed by atoms with van der Waals surface area (Å²) in [6, 6.07) is -0.219. The van der Waals surface area contributed by atoms with E-state index in [1.54, 1.807) is 4.90 Å². The molecule has 0 spiro atoms. The van der Waals surface area contributed by atoms with Crippen LogP contribution in [-0.4, -0.2) is 84.9 Å². The van der Waals surface area contributed by atoms with Crippen LogP contribution in [0.2, 0.25) is 0 Å². The Morgan fingerprint density at radius 2 is 2.10 bits per heavy atom. The number of nitrogens with zero attached hydrogens (tertiary/aromatic N) is 2. The molecule has 2 rings (SSSR count). The van der Waals surface area contributed by atoms with Crippen LogP contribution in [-0.2, 0) is 19.1 Å². The third kappa shape index (κ3) is 4.16. The van der Waals surface area contributed by atoms with Gasteiger partial charge in [0.05, 0.1) is 38.9 Å². The minimum atomic E-state index is -0.863. The zero-order valence-corrected chi connectivity index (χ0v) is 11.8. The van der Waals surface area contributed by atoms with Crippen LogP contribution in [0.5, 0.6) is 0 Å². The topological polar surface area (TPSA) is 79.3 Å². The average Bonchev–Trinajstić information content (AvgIpc) is 2.40. The maximum atomic E-state index is 12.3. The molecule has 0 aromatic rings. The largest absolute Gasteiger partial charge is 0.481 e. The lowest BCUT2D eigenvalue weighted by Gasteiger charge is -2.37. The number of amides is 1. The molecule has 0 radical (unpaired) electrons. The number of morpholine rings is 2. The Bertz CT molecular complexity index is 363. The zero-order chi connectivity index (χ0) is 14.5. The third-order valence-corrected chi connectivity index (χ3v) is 3.69. The number of carboxylic acid groups (broad SMARTS) is 1. The first-order chi connectivity index (χ1) is 9.56. The van der Waals surface area contributed by atoms with Crippen molar-refractivity contribution in [3.8, 4) is 0 Å². The maximum Gasteiger partial charge on any atom is 0.305 e. The molecule has 0 aromatic carbocycles. The standard InChI is InChI=1S/C13H22N2O5/c1-10-7-15(3-5-20-10)12(16)8-14-2-4-19-9-11(14)6-13(17)18/h10-11H,2-9H2,1H3,(H,17,18). The van der Waals surface area contributed by atoms with E-state index in [1.165, 1.54) is 0 Å². The number of hydrogen-bond donors (Lipinski definition) is 1. The van der Waals surface area contributed by atoms with Crippen molar-refractivity contribution >= 4 is 11.9 Å². The first-order valence-electron chi connectivity index (χ1n) is 6.99. The van der Waals surface area contributed by atoms with Gasteiger partial charge in [0.15, 0.2) is 0 Å². The fourth-order valence-corrected chi connectivity index (χ4v) is 2.61. The molecule has 2 unspecified atom stereocenters. The summed E-state index contributed by atoms with van der Waals surface area (Å²) in [4.78, 5) is 26.8. The molecule has 0 bridgehead atoms. The average molecular weight is 286 g/mol. The third-order valence-electron chi connectivity index (χ3n) is 3.69. The fourth-order valence-electron chi connectivity index (χ4n) is 2.61. The summed E-state index contributed by atoms with van der Waals surface area (Å²) in [7, 11) is 0. The van der Waals surface area contributed by atoms with Crippen LogP contribution in [0.25, 0.3) is 0 Å². The predicted octanol–water partition coefficient (Wildman–Crippen LogP) is -0.591. The summed E-state index contributed by atoms with van der Waals surface area (Å²) in [6.07, 6.45) is 0.0690. The van der Waals surface area contributed by atoms with Crippen LogP contribution >= 0.6 is 0 Å². The van der Waals surface area contributed by atoms with Crippen molar-refractivity contribution in [3.05, 3.63) is 0 Å². The minimum absolute atomic E-state index is 0.00674. The molecular formula is C13H22N2O5. The van der Waals surface area contributed by atoms with Gasteiger partial charge in [0.1, 0.15) is 0 Å². The summed E-state index contributed by atoms with van der Waals surface area (Å²) in [5.74, 6) is -0.824. The molecular weight excluding hydrogens is 264 g/mol. The van der Waals surface area contributed by atoms with Crippen molar-refractivity contribution in [2.75, 3.05) is 46.0 Å². The lowest BCUT2D eigenvalue weighted by molar-refractivity contribution is -0.145. The van der Waals surface area contributed by atoms with E-state index in [4.69, 9.17) is 14.6 Å². The molecule has 0 saturated carbocycles. The van der Waals surface area contributed by atoms with Crippen LogP contribution in [0.15, 0.2) is 0 Å². The van der Waals surface area contributed by atoms with Crippen molar-refractivity contribution in [3.63, 3.8) is 0 Å².